The molecule has 4 N–H and O–H groups in total. The number of rotatable bonds is 4. The summed E-state index contributed by atoms with van der Waals surface area (Å²) < 4.78 is 28.2. The molecule has 0 aromatic heterocycles. The van der Waals surface area contributed by atoms with Crippen molar-refractivity contribution in [1.29, 1.82) is 0 Å². The Morgan fingerprint density at radius 2 is 1.68 bits per heavy atom. The van der Waals surface area contributed by atoms with E-state index in [1.54, 1.807) is 6.07 Å². The van der Waals surface area contributed by atoms with Crippen LogP contribution in [-0.2, 0) is 16.6 Å². The largest absolute Gasteiger partial charge is 0.487 e. The first kappa shape index (κ1) is 13.4. The molecule has 2 rings (SSSR count). The van der Waals surface area contributed by atoms with Crippen molar-refractivity contribution >= 4 is 15.7 Å². The summed E-state index contributed by atoms with van der Waals surface area (Å²) in [7, 11) is -3.84. The van der Waals surface area contributed by atoms with Crippen LogP contribution in [0.2, 0.25) is 0 Å². The van der Waals surface area contributed by atoms with Gasteiger partial charge in [-0.15, -0.1) is 0 Å². The summed E-state index contributed by atoms with van der Waals surface area (Å²) >= 11 is 0. The van der Waals surface area contributed by atoms with Crippen LogP contribution in [0.15, 0.2) is 53.4 Å². The zero-order chi connectivity index (χ0) is 13.9. The van der Waals surface area contributed by atoms with E-state index in [9.17, 15) is 8.42 Å². The van der Waals surface area contributed by atoms with E-state index in [4.69, 9.17) is 15.6 Å². The highest BCUT2D eigenvalue weighted by atomic mass is 32.2. The Morgan fingerprint density at radius 1 is 1.00 bits per heavy atom. The van der Waals surface area contributed by atoms with E-state index >= 15 is 0 Å². The average molecular weight is 278 g/mol. The van der Waals surface area contributed by atoms with Crippen molar-refractivity contribution in [3.63, 3.8) is 0 Å². The third-order valence-electron chi connectivity index (χ3n) is 2.57. The number of ether oxygens (including phenoxy) is 1. The fourth-order valence-corrected chi connectivity index (χ4v) is 2.31. The molecule has 0 radical (unpaired) electrons. The number of anilines is 1. The molecular formula is C13H14N2O3S. The zero-order valence-corrected chi connectivity index (χ0v) is 10.9. The molecule has 0 saturated heterocycles. The molecule has 2 aromatic rings. The SMILES string of the molecule is Nc1c(OCc2ccccc2)cccc1S(N)(=O)=O. The summed E-state index contributed by atoms with van der Waals surface area (Å²) in [6.45, 7) is 0.305. The van der Waals surface area contributed by atoms with Gasteiger partial charge >= 0.3 is 0 Å². The minimum Gasteiger partial charge on any atom is -0.487 e. The molecule has 0 unspecified atom stereocenters. The van der Waals surface area contributed by atoms with Crippen LogP contribution in [0, 0.1) is 0 Å². The Hall–Kier alpha value is -2.05. The normalized spacial score (nSPS) is 11.2. The summed E-state index contributed by atoms with van der Waals surface area (Å²) in [6.07, 6.45) is 0. The van der Waals surface area contributed by atoms with Gasteiger partial charge in [0.05, 0.1) is 5.69 Å². The van der Waals surface area contributed by atoms with Crippen molar-refractivity contribution in [3.8, 4) is 5.75 Å². The minimum atomic E-state index is -3.84. The third kappa shape index (κ3) is 3.24. The molecule has 0 saturated carbocycles. The number of hydrogen-bond donors (Lipinski definition) is 2. The van der Waals surface area contributed by atoms with Crippen LogP contribution >= 0.6 is 0 Å². The van der Waals surface area contributed by atoms with Gasteiger partial charge in [0.25, 0.3) is 0 Å². The van der Waals surface area contributed by atoms with Crippen molar-refractivity contribution in [2.24, 2.45) is 5.14 Å². The fourth-order valence-electron chi connectivity index (χ4n) is 1.63. The van der Waals surface area contributed by atoms with Gasteiger partial charge in [0.1, 0.15) is 17.3 Å². The topological polar surface area (TPSA) is 95.4 Å². The first-order valence-electron chi connectivity index (χ1n) is 5.56. The van der Waals surface area contributed by atoms with Gasteiger partial charge < -0.3 is 10.5 Å². The Bertz CT molecular complexity index is 670. The molecule has 0 aliphatic carbocycles. The first-order valence-corrected chi connectivity index (χ1v) is 7.11. The molecular weight excluding hydrogens is 264 g/mol. The van der Waals surface area contributed by atoms with Crippen LogP contribution in [0.1, 0.15) is 5.56 Å². The van der Waals surface area contributed by atoms with Gasteiger partial charge in [0.15, 0.2) is 0 Å². The Labute approximate surface area is 111 Å². The molecule has 5 nitrogen and oxygen atoms in total. The van der Waals surface area contributed by atoms with E-state index in [1.807, 2.05) is 30.3 Å². The number of benzene rings is 2. The van der Waals surface area contributed by atoms with Gasteiger partial charge in [0.2, 0.25) is 10.0 Å². The molecule has 0 aliphatic heterocycles. The van der Waals surface area contributed by atoms with Gasteiger partial charge in [-0.05, 0) is 17.7 Å². The van der Waals surface area contributed by atoms with Gasteiger partial charge in [-0.1, -0.05) is 36.4 Å². The number of para-hydroxylation sites is 1. The Kier molecular flexibility index (Phi) is 3.73. The molecule has 100 valence electrons. The standard InChI is InChI=1S/C13H14N2O3S/c14-13-11(7-4-8-12(13)19(15,16)17)18-9-10-5-2-1-3-6-10/h1-8H,9,14H2,(H2,15,16,17). The second kappa shape index (κ2) is 5.29. The number of primary sulfonamides is 1. The van der Waals surface area contributed by atoms with E-state index in [-0.39, 0.29) is 10.6 Å². The van der Waals surface area contributed by atoms with Crippen molar-refractivity contribution in [2.45, 2.75) is 11.5 Å². The molecule has 0 aliphatic rings. The van der Waals surface area contributed by atoms with Crippen LogP contribution in [0.25, 0.3) is 0 Å². The molecule has 0 amide bonds. The average Bonchev–Trinajstić information content (AvgIpc) is 2.37. The predicted octanol–water partition coefficient (Wildman–Crippen LogP) is 1.50. The monoisotopic (exact) mass is 278 g/mol. The van der Waals surface area contributed by atoms with E-state index in [0.29, 0.717) is 12.4 Å². The van der Waals surface area contributed by atoms with Crippen molar-refractivity contribution in [3.05, 3.63) is 54.1 Å². The highest BCUT2D eigenvalue weighted by Crippen LogP contribution is 2.28. The maximum absolute atomic E-state index is 11.3. The molecule has 6 heteroatoms. The second-order valence-corrected chi connectivity index (χ2v) is 5.52. The van der Waals surface area contributed by atoms with Crippen LogP contribution in [-0.4, -0.2) is 8.42 Å². The molecule has 2 aromatic carbocycles. The second-order valence-electron chi connectivity index (χ2n) is 3.99. The first-order chi connectivity index (χ1) is 8.98. The van der Waals surface area contributed by atoms with Crippen LogP contribution in [0.3, 0.4) is 0 Å². The van der Waals surface area contributed by atoms with E-state index in [1.165, 1.54) is 12.1 Å². The van der Waals surface area contributed by atoms with Crippen LogP contribution < -0.4 is 15.6 Å². The van der Waals surface area contributed by atoms with Crippen LogP contribution in [0.5, 0.6) is 5.75 Å². The molecule has 0 spiro atoms. The summed E-state index contributed by atoms with van der Waals surface area (Å²) in [5.74, 6) is 0.301. The minimum absolute atomic E-state index is 0.0286. The van der Waals surface area contributed by atoms with Crippen molar-refractivity contribution in [1.82, 2.24) is 0 Å². The predicted molar refractivity (Wildman–Crippen MR) is 73.0 cm³/mol. The Morgan fingerprint density at radius 3 is 2.32 bits per heavy atom. The van der Waals surface area contributed by atoms with E-state index < -0.39 is 10.0 Å². The van der Waals surface area contributed by atoms with Crippen LogP contribution in [0.4, 0.5) is 5.69 Å². The van der Waals surface area contributed by atoms with E-state index in [2.05, 4.69) is 0 Å². The highest BCUT2D eigenvalue weighted by Gasteiger charge is 2.15. The summed E-state index contributed by atoms with van der Waals surface area (Å²) in [5.41, 5.74) is 6.74. The summed E-state index contributed by atoms with van der Waals surface area (Å²) in [5, 5.41) is 5.07. The molecule has 0 fully saturated rings. The molecule has 19 heavy (non-hydrogen) atoms. The van der Waals surface area contributed by atoms with Gasteiger partial charge in [-0.2, -0.15) is 0 Å². The zero-order valence-electron chi connectivity index (χ0n) is 10.1. The Balaban J connectivity index is 2.23. The van der Waals surface area contributed by atoms with Crippen molar-refractivity contribution < 1.29 is 13.2 Å². The maximum atomic E-state index is 11.3. The number of sulfonamides is 1. The van der Waals surface area contributed by atoms with Gasteiger partial charge in [0, 0.05) is 0 Å². The smallest absolute Gasteiger partial charge is 0.240 e. The molecule has 0 bridgehead atoms. The lowest BCUT2D eigenvalue weighted by atomic mass is 10.2. The summed E-state index contributed by atoms with van der Waals surface area (Å²) in [4.78, 5) is -0.127. The fraction of sp³-hybridized carbons (Fsp3) is 0.0769. The quantitative estimate of drug-likeness (QED) is 0.828. The molecule has 0 heterocycles. The highest BCUT2D eigenvalue weighted by molar-refractivity contribution is 7.89. The van der Waals surface area contributed by atoms with E-state index in [0.717, 1.165) is 5.56 Å². The maximum Gasteiger partial charge on any atom is 0.240 e. The van der Waals surface area contributed by atoms with Gasteiger partial charge in [-0.3, -0.25) is 0 Å². The molecule has 0 atom stereocenters. The lowest BCUT2D eigenvalue weighted by Gasteiger charge is -2.11. The number of hydrogen-bond acceptors (Lipinski definition) is 4. The third-order valence-corrected chi connectivity index (χ3v) is 3.54. The number of nitrogen functional groups attached to an aromatic ring is 1. The lowest BCUT2D eigenvalue weighted by molar-refractivity contribution is 0.307. The lowest BCUT2D eigenvalue weighted by Crippen LogP contribution is -2.14. The van der Waals surface area contributed by atoms with Gasteiger partial charge in [-0.25, -0.2) is 13.6 Å². The summed E-state index contributed by atoms with van der Waals surface area (Å²) in [6, 6.07) is 14.0. The number of nitrogens with two attached hydrogens (primary N) is 2. The van der Waals surface area contributed by atoms with Crippen molar-refractivity contribution in [2.75, 3.05) is 5.73 Å².